The van der Waals surface area contributed by atoms with Crippen LogP contribution < -0.4 is 0 Å². The summed E-state index contributed by atoms with van der Waals surface area (Å²) in [6, 6.07) is 4.11. The maximum Gasteiger partial charge on any atom is 0.239 e. The summed E-state index contributed by atoms with van der Waals surface area (Å²) in [6.07, 6.45) is 1.87. The first kappa shape index (κ1) is 12.0. The number of benzene rings is 1. The molecule has 17 heavy (non-hydrogen) atoms. The van der Waals surface area contributed by atoms with Crippen LogP contribution in [0.25, 0.3) is 6.08 Å². The lowest BCUT2D eigenvalue weighted by atomic mass is 10.1. The number of aliphatic imine (C=N–C) groups is 1. The molecule has 4 heteroatoms. The van der Waals surface area contributed by atoms with Gasteiger partial charge in [0, 0.05) is 11.4 Å². The summed E-state index contributed by atoms with van der Waals surface area (Å²) in [7, 11) is 0. The van der Waals surface area contributed by atoms with Crippen LogP contribution >= 0.6 is 15.9 Å². The number of halogens is 1. The lowest BCUT2D eigenvalue weighted by molar-refractivity contribution is 0.555. The Balaban J connectivity index is 2.43. The van der Waals surface area contributed by atoms with Gasteiger partial charge in [-0.2, -0.15) is 0 Å². The molecule has 1 aromatic rings. The smallest absolute Gasteiger partial charge is 0.239 e. The Kier molecular flexibility index (Phi) is 3.15. The van der Waals surface area contributed by atoms with Gasteiger partial charge in [-0.15, -0.1) is 0 Å². The van der Waals surface area contributed by atoms with E-state index in [1.54, 1.807) is 6.92 Å². The molecule has 88 valence electrons. The Hall–Kier alpha value is -1.42. The molecule has 0 aromatic heterocycles. The van der Waals surface area contributed by atoms with E-state index in [1.807, 2.05) is 19.9 Å². The Bertz CT molecular complexity index is 536. The van der Waals surface area contributed by atoms with Crippen molar-refractivity contribution in [2.45, 2.75) is 20.8 Å². The fourth-order valence-corrected chi connectivity index (χ4v) is 1.99. The fraction of sp³-hybridized carbons (Fsp3) is 0.231. The molecule has 1 N–H and O–H groups in total. The highest BCUT2D eigenvalue weighted by molar-refractivity contribution is 9.10. The van der Waals surface area contributed by atoms with E-state index in [2.05, 4.69) is 33.1 Å². The van der Waals surface area contributed by atoms with Crippen molar-refractivity contribution in [2.24, 2.45) is 4.99 Å². The van der Waals surface area contributed by atoms with Crippen molar-refractivity contribution >= 4 is 33.8 Å². The number of ether oxygens (including phenoxy) is 1. The van der Waals surface area contributed by atoms with Crippen LogP contribution in [0.15, 0.2) is 27.3 Å². The number of hydrogen-bond acceptors (Lipinski definition) is 3. The molecule has 0 spiro atoms. The van der Waals surface area contributed by atoms with Crippen molar-refractivity contribution in [1.82, 2.24) is 0 Å². The molecule has 0 radical (unpaired) electrons. The van der Waals surface area contributed by atoms with Gasteiger partial charge in [-0.3, -0.25) is 5.41 Å². The molecule has 0 atom stereocenters. The molecule has 2 rings (SSSR count). The number of nitrogens with zero attached hydrogens (tertiary/aromatic N) is 1. The van der Waals surface area contributed by atoms with Gasteiger partial charge in [-0.05, 0) is 36.6 Å². The quantitative estimate of drug-likeness (QED) is 0.840. The molecule has 0 saturated heterocycles. The summed E-state index contributed by atoms with van der Waals surface area (Å²) in [5.74, 6) is 0.632. The van der Waals surface area contributed by atoms with Crippen LogP contribution in [0.2, 0.25) is 0 Å². The molecule has 1 aliphatic rings. The van der Waals surface area contributed by atoms with E-state index < -0.39 is 0 Å². The zero-order chi connectivity index (χ0) is 12.6. The van der Waals surface area contributed by atoms with Gasteiger partial charge < -0.3 is 4.74 Å². The Morgan fingerprint density at radius 1 is 1.24 bits per heavy atom. The van der Waals surface area contributed by atoms with Crippen molar-refractivity contribution < 1.29 is 4.74 Å². The molecule has 3 nitrogen and oxygen atoms in total. The van der Waals surface area contributed by atoms with Crippen LogP contribution in [0.4, 0.5) is 0 Å². The van der Waals surface area contributed by atoms with Gasteiger partial charge in [0.15, 0.2) is 5.90 Å². The Labute approximate surface area is 109 Å². The third kappa shape index (κ3) is 2.47. The van der Waals surface area contributed by atoms with Crippen LogP contribution in [0, 0.1) is 19.3 Å². The molecule has 1 aliphatic heterocycles. The minimum absolute atomic E-state index is 0.112. The molecular formula is C13H13BrN2O. The minimum atomic E-state index is 0.112. The predicted octanol–water partition coefficient (Wildman–Crippen LogP) is 3.83. The van der Waals surface area contributed by atoms with Crippen LogP contribution in [0.1, 0.15) is 23.6 Å². The van der Waals surface area contributed by atoms with Gasteiger partial charge in [-0.1, -0.05) is 28.1 Å². The predicted molar refractivity (Wildman–Crippen MR) is 73.5 cm³/mol. The van der Waals surface area contributed by atoms with Gasteiger partial charge in [0.05, 0.1) is 0 Å². The summed E-state index contributed by atoms with van der Waals surface area (Å²) in [4.78, 5) is 4.17. The van der Waals surface area contributed by atoms with Crippen molar-refractivity contribution in [2.75, 3.05) is 0 Å². The molecule has 0 unspecified atom stereocenters. The van der Waals surface area contributed by atoms with Crippen molar-refractivity contribution in [3.8, 4) is 0 Å². The number of aryl methyl sites for hydroxylation is 2. The van der Waals surface area contributed by atoms with Crippen molar-refractivity contribution in [3.05, 3.63) is 39.0 Å². The maximum absolute atomic E-state index is 7.62. The maximum atomic E-state index is 7.62. The van der Waals surface area contributed by atoms with Gasteiger partial charge in [0.25, 0.3) is 0 Å². The highest BCUT2D eigenvalue weighted by Gasteiger charge is 2.15. The highest BCUT2D eigenvalue weighted by atomic mass is 79.9. The van der Waals surface area contributed by atoms with Crippen molar-refractivity contribution in [3.63, 3.8) is 0 Å². The molecular weight excluding hydrogens is 280 g/mol. The Morgan fingerprint density at radius 3 is 2.29 bits per heavy atom. The molecule has 0 fully saturated rings. The molecule has 1 aromatic carbocycles. The van der Waals surface area contributed by atoms with E-state index in [9.17, 15) is 0 Å². The monoisotopic (exact) mass is 292 g/mol. The Morgan fingerprint density at radius 2 is 1.82 bits per heavy atom. The third-order valence-electron chi connectivity index (χ3n) is 2.52. The van der Waals surface area contributed by atoms with Crippen LogP contribution in [0.3, 0.4) is 0 Å². The molecule has 0 aliphatic carbocycles. The second kappa shape index (κ2) is 4.45. The van der Waals surface area contributed by atoms with Gasteiger partial charge in [0.1, 0.15) is 5.70 Å². The van der Waals surface area contributed by atoms with Crippen LogP contribution in [-0.4, -0.2) is 11.8 Å². The van der Waals surface area contributed by atoms with E-state index in [0.717, 1.165) is 10.0 Å². The van der Waals surface area contributed by atoms with E-state index >= 15 is 0 Å². The second-order valence-electron chi connectivity index (χ2n) is 4.06. The normalized spacial score (nSPS) is 17.3. The average molecular weight is 293 g/mol. The van der Waals surface area contributed by atoms with Crippen LogP contribution in [0.5, 0.6) is 0 Å². The first-order valence-corrected chi connectivity index (χ1v) is 6.07. The van der Waals surface area contributed by atoms with Gasteiger partial charge >= 0.3 is 0 Å². The van der Waals surface area contributed by atoms with E-state index in [4.69, 9.17) is 10.1 Å². The number of hydrogen-bond donors (Lipinski definition) is 1. The van der Waals surface area contributed by atoms with Crippen LogP contribution in [-0.2, 0) is 4.74 Å². The summed E-state index contributed by atoms with van der Waals surface area (Å²) in [5, 5.41) is 7.62. The summed E-state index contributed by atoms with van der Waals surface area (Å²) in [5.41, 5.74) is 3.94. The topological polar surface area (TPSA) is 45.4 Å². The fourth-order valence-electron chi connectivity index (χ4n) is 1.76. The van der Waals surface area contributed by atoms with E-state index in [-0.39, 0.29) is 5.90 Å². The first-order chi connectivity index (χ1) is 7.97. The summed E-state index contributed by atoms with van der Waals surface area (Å²) in [6.45, 7) is 5.83. The standard InChI is InChI=1S/C13H13BrN2O/c1-7-4-10(5-8(2)12(7)14)6-11-13(15)17-9(3)16-11/h4-6,15H,1-3H3/b11-6-,15-13?. The van der Waals surface area contributed by atoms with Gasteiger partial charge in [-0.25, -0.2) is 4.99 Å². The second-order valence-corrected chi connectivity index (χ2v) is 4.85. The SMILES string of the molecule is CC1=N/C(=C\c2cc(C)c(Br)c(C)c2)C(=N)O1. The number of rotatable bonds is 1. The lowest BCUT2D eigenvalue weighted by Crippen LogP contribution is -1.98. The molecule has 1 heterocycles. The average Bonchev–Trinajstić information content (AvgIpc) is 2.54. The summed E-state index contributed by atoms with van der Waals surface area (Å²) < 4.78 is 6.21. The third-order valence-corrected chi connectivity index (χ3v) is 3.77. The largest absolute Gasteiger partial charge is 0.423 e. The number of nitrogens with one attached hydrogen (secondary N) is 1. The van der Waals surface area contributed by atoms with Crippen molar-refractivity contribution in [1.29, 1.82) is 5.41 Å². The van der Waals surface area contributed by atoms with E-state index in [1.165, 1.54) is 11.1 Å². The zero-order valence-electron chi connectivity index (χ0n) is 9.97. The van der Waals surface area contributed by atoms with E-state index in [0.29, 0.717) is 11.6 Å². The zero-order valence-corrected chi connectivity index (χ0v) is 11.6. The minimum Gasteiger partial charge on any atom is -0.423 e. The lowest BCUT2D eigenvalue weighted by Gasteiger charge is -2.05. The molecule has 0 saturated carbocycles. The molecule has 0 amide bonds. The summed E-state index contributed by atoms with van der Waals surface area (Å²) >= 11 is 3.53. The van der Waals surface area contributed by atoms with Gasteiger partial charge in [0.2, 0.25) is 5.90 Å². The highest BCUT2D eigenvalue weighted by Crippen LogP contribution is 2.24. The first-order valence-electron chi connectivity index (χ1n) is 5.28. The molecule has 0 bridgehead atoms.